The Hall–Kier alpha value is -2.25. The maximum Gasteiger partial charge on any atom is 0.223 e. The lowest BCUT2D eigenvalue weighted by molar-refractivity contribution is 0.0730. The van der Waals surface area contributed by atoms with Crippen LogP contribution in [0.15, 0.2) is 22.9 Å². The highest BCUT2D eigenvalue weighted by Gasteiger charge is 2.25. The summed E-state index contributed by atoms with van der Waals surface area (Å²) in [6.07, 6.45) is 8.83. The second-order valence-corrected chi connectivity index (χ2v) is 9.04. The van der Waals surface area contributed by atoms with E-state index in [0.29, 0.717) is 24.1 Å². The number of ether oxygens (including phenoxy) is 1. The molecular formula is C23H31N5O2. The van der Waals surface area contributed by atoms with E-state index in [9.17, 15) is 0 Å². The number of hydrogen-bond acceptors (Lipinski definition) is 7. The Balaban J connectivity index is 1.28. The number of fused-ring (bicyclic) bond motifs is 3. The van der Waals surface area contributed by atoms with Gasteiger partial charge < -0.3 is 19.9 Å². The summed E-state index contributed by atoms with van der Waals surface area (Å²) < 4.78 is 11.0. The van der Waals surface area contributed by atoms with Crippen LogP contribution in [0.3, 0.4) is 0 Å². The zero-order valence-corrected chi connectivity index (χ0v) is 17.9. The van der Waals surface area contributed by atoms with Crippen LogP contribution >= 0.6 is 0 Å². The number of anilines is 1. The third-order valence-corrected chi connectivity index (χ3v) is 6.51. The van der Waals surface area contributed by atoms with E-state index in [1.807, 2.05) is 18.3 Å². The molecule has 30 heavy (non-hydrogen) atoms. The molecule has 2 aliphatic rings. The van der Waals surface area contributed by atoms with Crippen molar-refractivity contribution in [2.45, 2.75) is 76.4 Å². The molecule has 2 aromatic heterocycles. The summed E-state index contributed by atoms with van der Waals surface area (Å²) in [6.45, 7) is 6.05. The molecule has 2 fully saturated rings. The van der Waals surface area contributed by atoms with Gasteiger partial charge in [0.1, 0.15) is 0 Å². The molecule has 1 aromatic carbocycles. The van der Waals surface area contributed by atoms with Crippen LogP contribution in [0.4, 0.5) is 5.95 Å². The number of nitrogens with one attached hydrogen (secondary N) is 2. The van der Waals surface area contributed by atoms with Crippen molar-refractivity contribution in [2.75, 3.05) is 18.5 Å². The minimum absolute atomic E-state index is 0.279. The number of rotatable bonds is 5. The molecule has 160 valence electrons. The van der Waals surface area contributed by atoms with E-state index in [1.165, 1.54) is 12.8 Å². The highest BCUT2D eigenvalue weighted by Crippen LogP contribution is 2.31. The minimum atomic E-state index is 0.279. The van der Waals surface area contributed by atoms with Crippen molar-refractivity contribution >= 4 is 27.8 Å². The normalized spacial score (nSPS) is 23.4. The molecule has 1 aliphatic heterocycles. The van der Waals surface area contributed by atoms with E-state index in [2.05, 4.69) is 34.6 Å². The van der Waals surface area contributed by atoms with Crippen LogP contribution in [-0.2, 0) is 4.74 Å². The van der Waals surface area contributed by atoms with Gasteiger partial charge in [-0.15, -0.1) is 0 Å². The Morgan fingerprint density at radius 3 is 2.47 bits per heavy atom. The smallest absolute Gasteiger partial charge is 0.223 e. The molecule has 1 saturated carbocycles. The first-order valence-corrected chi connectivity index (χ1v) is 11.3. The molecule has 0 unspecified atom stereocenters. The quantitative estimate of drug-likeness (QED) is 0.646. The van der Waals surface area contributed by atoms with Gasteiger partial charge in [-0.3, -0.25) is 0 Å². The summed E-state index contributed by atoms with van der Waals surface area (Å²) in [7, 11) is 0. The lowest BCUT2D eigenvalue weighted by atomic mass is 9.90. The molecule has 0 radical (unpaired) electrons. The molecule has 1 saturated heterocycles. The Kier molecular flexibility index (Phi) is 5.56. The van der Waals surface area contributed by atoms with Gasteiger partial charge in [0, 0.05) is 42.9 Å². The van der Waals surface area contributed by atoms with Crippen LogP contribution in [0.2, 0.25) is 0 Å². The summed E-state index contributed by atoms with van der Waals surface area (Å²) in [5.74, 6) is 0.980. The molecule has 0 amide bonds. The Labute approximate surface area is 177 Å². The van der Waals surface area contributed by atoms with Crippen molar-refractivity contribution in [3.8, 4) is 0 Å². The van der Waals surface area contributed by atoms with Gasteiger partial charge in [0.25, 0.3) is 0 Å². The van der Waals surface area contributed by atoms with Gasteiger partial charge in [0.2, 0.25) is 5.95 Å². The molecule has 7 nitrogen and oxygen atoms in total. The van der Waals surface area contributed by atoms with E-state index in [4.69, 9.17) is 14.2 Å². The van der Waals surface area contributed by atoms with Gasteiger partial charge in [-0.2, -0.15) is 0 Å². The predicted octanol–water partition coefficient (Wildman–Crippen LogP) is 4.39. The van der Waals surface area contributed by atoms with Crippen molar-refractivity contribution in [1.82, 2.24) is 20.4 Å². The summed E-state index contributed by atoms with van der Waals surface area (Å²) in [6, 6.07) is 5.62. The highest BCUT2D eigenvalue weighted by molar-refractivity contribution is 6.04. The van der Waals surface area contributed by atoms with Crippen LogP contribution in [0, 0.1) is 0 Å². The first-order valence-electron chi connectivity index (χ1n) is 11.3. The largest absolute Gasteiger partial charge is 0.381 e. The van der Waals surface area contributed by atoms with Gasteiger partial charge >= 0.3 is 0 Å². The van der Waals surface area contributed by atoms with E-state index >= 15 is 0 Å². The van der Waals surface area contributed by atoms with Crippen LogP contribution in [0.5, 0.6) is 0 Å². The molecule has 3 aromatic rings. The average molecular weight is 410 g/mol. The van der Waals surface area contributed by atoms with E-state index in [-0.39, 0.29) is 5.92 Å². The van der Waals surface area contributed by atoms with Gasteiger partial charge in [0.05, 0.1) is 16.6 Å². The monoisotopic (exact) mass is 409 g/mol. The van der Waals surface area contributed by atoms with Crippen molar-refractivity contribution < 1.29 is 9.26 Å². The third kappa shape index (κ3) is 4.01. The van der Waals surface area contributed by atoms with E-state index < -0.39 is 0 Å². The van der Waals surface area contributed by atoms with Crippen LogP contribution < -0.4 is 10.6 Å². The summed E-state index contributed by atoms with van der Waals surface area (Å²) in [5, 5.41) is 13.7. The van der Waals surface area contributed by atoms with Crippen LogP contribution in [0.25, 0.3) is 21.9 Å². The van der Waals surface area contributed by atoms with Gasteiger partial charge in [-0.05, 0) is 56.6 Å². The molecule has 5 rings (SSSR count). The van der Waals surface area contributed by atoms with Crippen molar-refractivity contribution in [3.63, 3.8) is 0 Å². The molecule has 0 spiro atoms. The van der Waals surface area contributed by atoms with Crippen LogP contribution in [0.1, 0.15) is 64.0 Å². The second-order valence-electron chi connectivity index (χ2n) is 9.04. The number of hydrogen-bond donors (Lipinski definition) is 2. The molecular weight excluding hydrogens is 378 g/mol. The maximum atomic E-state index is 5.54. The fraction of sp³-hybridized carbons (Fsp3) is 0.609. The van der Waals surface area contributed by atoms with E-state index in [1.54, 1.807) is 0 Å². The Morgan fingerprint density at radius 2 is 1.70 bits per heavy atom. The zero-order chi connectivity index (χ0) is 20.5. The first kappa shape index (κ1) is 19.7. The SMILES string of the molecule is CC(C)c1noc2ccc3cnc(N[C@H]4CC[C@H](NC5CCOCC5)CC4)nc3c12. The lowest BCUT2D eigenvalue weighted by Gasteiger charge is -2.33. The molecule has 1 aliphatic carbocycles. The summed E-state index contributed by atoms with van der Waals surface area (Å²) >= 11 is 0. The highest BCUT2D eigenvalue weighted by atomic mass is 16.5. The molecule has 0 atom stereocenters. The first-order chi connectivity index (χ1) is 14.7. The Bertz CT molecular complexity index is 1000. The maximum absolute atomic E-state index is 5.54. The van der Waals surface area contributed by atoms with Gasteiger partial charge in [-0.1, -0.05) is 19.0 Å². The zero-order valence-electron chi connectivity index (χ0n) is 17.9. The third-order valence-electron chi connectivity index (χ3n) is 6.51. The van der Waals surface area contributed by atoms with Crippen molar-refractivity contribution in [1.29, 1.82) is 0 Å². The van der Waals surface area contributed by atoms with Crippen LogP contribution in [-0.4, -0.2) is 46.5 Å². The van der Waals surface area contributed by atoms with Crippen molar-refractivity contribution in [2.24, 2.45) is 0 Å². The Morgan fingerprint density at radius 1 is 0.967 bits per heavy atom. The number of nitrogens with zero attached hydrogens (tertiary/aromatic N) is 3. The average Bonchev–Trinajstić information content (AvgIpc) is 3.21. The standard InChI is InChI=1S/C23H31N5O2/c1-14(2)21-20-19(30-28-21)8-3-15-13-24-23(27-22(15)20)26-17-6-4-16(5-7-17)25-18-9-11-29-12-10-18/h3,8,13-14,16-18,25H,4-7,9-12H2,1-2H3,(H,24,26,27)/t16-,17-. The van der Waals surface area contributed by atoms with Crippen molar-refractivity contribution in [3.05, 3.63) is 24.0 Å². The molecule has 2 N–H and O–H groups in total. The molecule has 0 bridgehead atoms. The van der Waals surface area contributed by atoms with Gasteiger partial charge in [-0.25, -0.2) is 9.97 Å². The number of benzene rings is 1. The minimum Gasteiger partial charge on any atom is -0.381 e. The molecule has 7 heteroatoms. The fourth-order valence-electron chi connectivity index (χ4n) is 4.79. The second kappa shape index (κ2) is 8.47. The van der Waals surface area contributed by atoms with Gasteiger partial charge in [0.15, 0.2) is 5.58 Å². The lowest BCUT2D eigenvalue weighted by Crippen LogP contribution is -2.44. The summed E-state index contributed by atoms with van der Waals surface area (Å²) in [4.78, 5) is 9.45. The topological polar surface area (TPSA) is 85.1 Å². The molecule has 3 heterocycles. The van der Waals surface area contributed by atoms with E-state index in [0.717, 1.165) is 66.5 Å². The predicted molar refractivity (Wildman–Crippen MR) is 118 cm³/mol. The summed E-state index contributed by atoms with van der Waals surface area (Å²) in [5.41, 5.74) is 2.67. The fourth-order valence-corrected chi connectivity index (χ4v) is 4.79. The number of aromatic nitrogens is 3.